The summed E-state index contributed by atoms with van der Waals surface area (Å²) >= 11 is 0. The second kappa shape index (κ2) is 9.65. The van der Waals surface area contributed by atoms with Crippen LogP contribution >= 0.6 is 0 Å². The third-order valence-electron chi connectivity index (χ3n) is 3.82. The third kappa shape index (κ3) is 7.45. The van der Waals surface area contributed by atoms with Crippen LogP contribution in [0.4, 0.5) is 31.1 Å². The summed E-state index contributed by atoms with van der Waals surface area (Å²) in [7, 11) is -10.1. The highest BCUT2D eigenvalue weighted by Gasteiger charge is 2.59. The predicted molar refractivity (Wildman–Crippen MR) is 85.8 cm³/mol. The Balaban J connectivity index is 0.000000551. The Kier molecular flexibility index (Phi) is 9.21. The first-order valence-corrected chi connectivity index (χ1v) is 10.6. The lowest BCUT2D eigenvalue weighted by Crippen LogP contribution is -2.49. The minimum absolute atomic E-state index is 0.356. The van der Waals surface area contributed by atoms with Crippen molar-refractivity contribution in [1.82, 2.24) is 3.71 Å². The number of quaternary nitrogens is 1. The molecular weight excluding hydrogens is 462 g/mol. The third-order valence-corrected chi connectivity index (χ3v) is 7.52. The van der Waals surface area contributed by atoms with E-state index in [-0.39, 0.29) is 7.05 Å². The Hall–Kier alpha value is -1.33. The van der Waals surface area contributed by atoms with E-state index in [2.05, 4.69) is 11.8 Å². The molecule has 1 rings (SSSR count). The standard InChI is InChI=1S/C9H18NO3.C3H3F6NO4S2/c1-10(6-4-3-5-7-10)8-13-9(11)12-2;1-10(15(11,12)2(4,5)6)16(13,14)3(7,8)9/h3-8H2,1-2H3;1H3/q+1;. The number of hydrogen-bond donors (Lipinski definition) is 0. The fourth-order valence-corrected chi connectivity index (χ4v) is 4.22. The van der Waals surface area contributed by atoms with E-state index < -0.39 is 40.9 Å². The van der Waals surface area contributed by atoms with Crippen molar-refractivity contribution >= 4 is 26.2 Å². The Morgan fingerprint density at radius 2 is 1.31 bits per heavy atom. The van der Waals surface area contributed by atoms with Crippen LogP contribution < -0.4 is 0 Å². The van der Waals surface area contributed by atoms with E-state index in [1.54, 1.807) is 0 Å². The summed E-state index contributed by atoms with van der Waals surface area (Å²) in [6.07, 6.45) is 3.17. The molecule has 0 aromatic carbocycles. The van der Waals surface area contributed by atoms with Crippen molar-refractivity contribution < 1.29 is 61.9 Å². The molecule has 0 unspecified atom stereocenters. The smallest absolute Gasteiger partial charge is 0.437 e. The van der Waals surface area contributed by atoms with E-state index >= 15 is 0 Å². The van der Waals surface area contributed by atoms with Gasteiger partial charge >= 0.3 is 37.2 Å². The van der Waals surface area contributed by atoms with Gasteiger partial charge in [-0.2, -0.15) is 26.3 Å². The largest absolute Gasteiger partial charge is 0.512 e. The molecular formula is C12H21F6N2O7S2+. The number of nitrogens with zero attached hydrogens (tertiary/aromatic N) is 2. The number of rotatable bonds is 4. The van der Waals surface area contributed by atoms with Gasteiger partial charge in [0.1, 0.15) is 0 Å². The first-order valence-electron chi connectivity index (χ1n) is 7.73. The first kappa shape index (κ1) is 27.7. The molecule has 0 saturated carbocycles. The average Bonchev–Trinajstić information content (AvgIpc) is 2.58. The molecule has 0 bridgehead atoms. The summed E-state index contributed by atoms with van der Waals surface area (Å²) < 4.78 is 120. The Morgan fingerprint density at radius 3 is 1.62 bits per heavy atom. The van der Waals surface area contributed by atoms with Crippen LogP contribution in [0, 0.1) is 0 Å². The average molecular weight is 483 g/mol. The number of halogens is 6. The number of alkyl halides is 6. The Bertz CT molecular complexity index is 715. The van der Waals surface area contributed by atoms with Crippen molar-refractivity contribution in [1.29, 1.82) is 0 Å². The van der Waals surface area contributed by atoms with Crippen LogP contribution in [0.2, 0.25) is 0 Å². The molecule has 0 radical (unpaired) electrons. The van der Waals surface area contributed by atoms with Crippen molar-refractivity contribution in [3.8, 4) is 0 Å². The van der Waals surface area contributed by atoms with Crippen LogP contribution in [0.25, 0.3) is 0 Å². The van der Waals surface area contributed by atoms with E-state index in [4.69, 9.17) is 4.74 Å². The molecule has 1 aliphatic heterocycles. The molecule has 1 saturated heterocycles. The van der Waals surface area contributed by atoms with Crippen LogP contribution in [-0.2, 0) is 29.5 Å². The highest BCUT2D eigenvalue weighted by Crippen LogP contribution is 2.33. The minimum atomic E-state index is -6.59. The number of carbonyl (C=O) groups excluding carboxylic acids is 1. The fraction of sp³-hybridized carbons (Fsp3) is 0.917. The monoisotopic (exact) mass is 483 g/mol. The second-order valence-electron chi connectivity index (χ2n) is 6.14. The number of methoxy groups -OCH3 is 1. The lowest BCUT2D eigenvalue weighted by atomic mass is 10.1. The van der Waals surface area contributed by atoms with E-state index in [0.29, 0.717) is 6.73 Å². The number of hydrogen-bond acceptors (Lipinski definition) is 7. The topological polar surface area (TPSA) is 107 Å². The van der Waals surface area contributed by atoms with Gasteiger partial charge in [-0.3, -0.25) is 4.48 Å². The number of likely N-dealkylation sites (tertiary alicyclic amines) is 1. The molecule has 0 aromatic heterocycles. The summed E-state index contributed by atoms with van der Waals surface area (Å²) in [6, 6.07) is 0. The van der Waals surface area contributed by atoms with Gasteiger partial charge in [-0.05, 0) is 19.3 Å². The minimum Gasteiger partial charge on any atom is -0.437 e. The van der Waals surface area contributed by atoms with Gasteiger partial charge < -0.3 is 9.47 Å². The highest BCUT2D eigenvalue weighted by molar-refractivity contribution is 8.04. The molecule has 0 atom stereocenters. The predicted octanol–water partition coefficient (Wildman–Crippen LogP) is 1.97. The van der Waals surface area contributed by atoms with E-state index in [9.17, 15) is 48.0 Å². The maximum absolute atomic E-state index is 11.7. The van der Waals surface area contributed by atoms with Gasteiger partial charge in [0.05, 0.1) is 27.2 Å². The van der Waals surface area contributed by atoms with Crippen molar-refractivity contribution in [2.45, 2.75) is 30.3 Å². The number of ether oxygens (including phenoxy) is 2. The van der Waals surface area contributed by atoms with Crippen molar-refractivity contribution in [3.63, 3.8) is 0 Å². The van der Waals surface area contributed by atoms with Crippen molar-refractivity contribution in [2.75, 3.05) is 41.0 Å². The van der Waals surface area contributed by atoms with Gasteiger partial charge in [-0.15, -0.1) is 0 Å². The lowest BCUT2D eigenvalue weighted by Gasteiger charge is -2.36. The zero-order valence-electron chi connectivity index (χ0n) is 15.6. The molecule has 9 nitrogen and oxygen atoms in total. The molecule has 1 aliphatic rings. The molecule has 29 heavy (non-hydrogen) atoms. The molecule has 0 N–H and O–H groups in total. The van der Waals surface area contributed by atoms with Crippen molar-refractivity contribution in [2.24, 2.45) is 0 Å². The SMILES string of the molecule is CN(S(=O)(=O)C(F)(F)F)S(=O)(=O)C(F)(F)F.COC(=O)OC[N+]1(C)CCCCC1. The quantitative estimate of drug-likeness (QED) is 0.342. The van der Waals surface area contributed by atoms with Gasteiger partial charge in [0, 0.05) is 7.05 Å². The highest BCUT2D eigenvalue weighted by atomic mass is 32.3. The number of carbonyl (C=O) groups is 1. The van der Waals surface area contributed by atoms with E-state index in [1.807, 2.05) is 0 Å². The first-order chi connectivity index (χ1) is 12.8. The van der Waals surface area contributed by atoms with E-state index in [0.717, 1.165) is 17.6 Å². The maximum atomic E-state index is 11.7. The van der Waals surface area contributed by atoms with Crippen LogP contribution in [0.1, 0.15) is 19.3 Å². The van der Waals surface area contributed by atoms with E-state index in [1.165, 1.54) is 26.4 Å². The summed E-state index contributed by atoms with van der Waals surface area (Å²) in [4.78, 5) is 10.7. The zero-order valence-corrected chi connectivity index (χ0v) is 17.2. The molecule has 174 valence electrons. The molecule has 0 aliphatic carbocycles. The molecule has 0 spiro atoms. The number of sulfonamides is 2. The molecule has 17 heteroatoms. The molecule has 0 amide bonds. The van der Waals surface area contributed by atoms with Gasteiger partial charge in [0.2, 0.25) is 6.73 Å². The summed E-state index contributed by atoms with van der Waals surface area (Å²) in [6.45, 7) is 2.63. The Labute approximate surface area is 163 Å². The molecule has 1 heterocycles. The van der Waals surface area contributed by atoms with Crippen LogP contribution in [-0.4, -0.2) is 83.2 Å². The summed E-state index contributed by atoms with van der Waals surface area (Å²) in [5, 5.41) is 0. The molecule has 0 aromatic rings. The fourth-order valence-electron chi connectivity index (χ4n) is 2.09. The van der Waals surface area contributed by atoms with Crippen LogP contribution in [0.3, 0.4) is 0 Å². The summed E-state index contributed by atoms with van der Waals surface area (Å²) in [5.41, 5.74) is -12.3. The van der Waals surface area contributed by atoms with Gasteiger partial charge in [-0.25, -0.2) is 21.6 Å². The summed E-state index contributed by atoms with van der Waals surface area (Å²) in [5.74, 6) is 0. The number of piperidine rings is 1. The van der Waals surface area contributed by atoms with Crippen molar-refractivity contribution in [3.05, 3.63) is 0 Å². The normalized spacial score (nSPS) is 17.9. The van der Waals surface area contributed by atoms with Gasteiger partial charge in [0.25, 0.3) is 0 Å². The van der Waals surface area contributed by atoms with Crippen LogP contribution in [0.5, 0.6) is 0 Å². The van der Waals surface area contributed by atoms with Gasteiger partial charge in [-0.1, -0.05) is 3.71 Å². The lowest BCUT2D eigenvalue weighted by molar-refractivity contribution is -0.930. The van der Waals surface area contributed by atoms with Gasteiger partial charge in [0.15, 0.2) is 0 Å². The second-order valence-corrected chi connectivity index (χ2v) is 10.3. The van der Waals surface area contributed by atoms with Crippen LogP contribution in [0.15, 0.2) is 0 Å². The maximum Gasteiger partial charge on any atom is 0.512 e. The Morgan fingerprint density at radius 1 is 0.931 bits per heavy atom. The molecule has 1 fully saturated rings. The zero-order chi connectivity index (χ0) is 23.3.